The molecule has 2 aromatic heterocycles. The average Bonchev–Trinajstić information content (AvgIpc) is 3.57. The molecule has 3 aromatic rings. The third-order valence-corrected chi connectivity index (χ3v) is 8.02. The molecule has 0 unspecified atom stereocenters. The summed E-state index contributed by atoms with van der Waals surface area (Å²) in [6.07, 6.45) is 10.1. The third-order valence-electron chi connectivity index (χ3n) is 8.02. The van der Waals surface area contributed by atoms with Gasteiger partial charge in [-0.05, 0) is 68.4 Å². The van der Waals surface area contributed by atoms with Crippen LogP contribution in [0.15, 0.2) is 53.2 Å². The second kappa shape index (κ2) is 11.5. The predicted molar refractivity (Wildman–Crippen MR) is 144 cm³/mol. The topological polar surface area (TPSA) is 80.8 Å². The molecule has 0 saturated carbocycles. The molecule has 0 bridgehead atoms. The van der Waals surface area contributed by atoms with E-state index in [0.717, 1.165) is 43.4 Å². The lowest BCUT2D eigenvalue weighted by molar-refractivity contribution is -0.144. The maximum Gasteiger partial charge on any atom is 0.289 e. The lowest BCUT2D eigenvalue weighted by Gasteiger charge is -2.42. The number of para-hydroxylation sites is 1. The third kappa shape index (κ3) is 5.79. The minimum Gasteiger partial charge on any atom is -0.491 e. The quantitative estimate of drug-likeness (QED) is 0.502. The molecular weight excluding hydrogens is 480 g/mol. The summed E-state index contributed by atoms with van der Waals surface area (Å²) in [5, 5.41) is 4.29. The van der Waals surface area contributed by atoms with Gasteiger partial charge in [-0.1, -0.05) is 31.0 Å². The van der Waals surface area contributed by atoms with Crippen LogP contribution < -0.4 is 4.74 Å². The van der Waals surface area contributed by atoms with E-state index in [-0.39, 0.29) is 11.8 Å². The van der Waals surface area contributed by atoms with Crippen LogP contribution in [0, 0.1) is 12.3 Å². The molecule has 1 spiro atoms. The Morgan fingerprint density at radius 1 is 1.03 bits per heavy atom. The van der Waals surface area contributed by atoms with E-state index in [1.54, 1.807) is 16.9 Å². The lowest BCUT2D eigenvalue weighted by atomic mass is 9.73. The lowest BCUT2D eigenvalue weighted by Crippen LogP contribution is -2.51. The minimum atomic E-state index is -0.432. The molecule has 1 aromatic carbocycles. The highest BCUT2D eigenvalue weighted by Crippen LogP contribution is 2.39. The number of carbonyl (C=O) groups is 2. The number of carbonyl (C=O) groups excluding carboxylic acids is 2. The summed E-state index contributed by atoms with van der Waals surface area (Å²) in [7, 11) is 1.88. The van der Waals surface area contributed by atoms with Gasteiger partial charge >= 0.3 is 0 Å². The largest absolute Gasteiger partial charge is 0.491 e. The van der Waals surface area contributed by atoms with Gasteiger partial charge in [0.15, 0.2) is 5.76 Å². The smallest absolute Gasteiger partial charge is 0.289 e. The van der Waals surface area contributed by atoms with Gasteiger partial charge in [-0.25, -0.2) is 0 Å². The number of likely N-dealkylation sites (N-methyl/N-ethyl adjacent to an activating group) is 1. The summed E-state index contributed by atoms with van der Waals surface area (Å²) in [5.41, 5.74) is 1.89. The standard InChI is InChI=1S/C30H38N4O4/c1-23-20-31-34(21-23)22-25-11-12-27(38-25)28(35)33-16-14-30(15-17-33)13-7-3-4-8-24-9-5-6-10-26(24)37-19-18-32(2)29(30)36/h5-6,9-12,20-21H,3-4,7-8,13-19,22H2,1-2H3. The van der Waals surface area contributed by atoms with Gasteiger partial charge in [0.25, 0.3) is 5.91 Å². The van der Waals surface area contributed by atoms with Crippen molar-refractivity contribution in [2.45, 2.75) is 58.4 Å². The second-order valence-corrected chi connectivity index (χ2v) is 10.8. The second-order valence-electron chi connectivity index (χ2n) is 10.8. The summed E-state index contributed by atoms with van der Waals surface area (Å²) in [6, 6.07) is 11.8. The molecule has 2 aliphatic heterocycles. The summed E-state index contributed by atoms with van der Waals surface area (Å²) in [6.45, 7) is 4.59. The number of piperidine rings is 1. The van der Waals surface area contributed by atoms with Gasteiger partial charge in [-0.15, -0.1) is 0 Å². The van der Waals surface area contributed by atoms with Gasteiger partial charge < -0.3 is 19.0 Å². The fraction of sp³-hybridized carbons (Fsp3) is 0.500. The molecule has 0 atom stereocenters. The molecule has 4 heterocycles. The van der Waals surface area contributed by atoms with E-state index >= 15 is 0 Å². The molecule has 5 rings (SSSR count). The first-order chi connectivity index (χ1) is 18.4. The molecule has 8 heteroatoms. The first-order valence-corrected chi connectivity index (χ1v) is 13.8. The number of benzene rings is 1. The number of hydrogen-bond donors (Lipinski definition) is 0. The van der Waals surface area contributed by atoms with E-state index in [1.807, 2.05) is 48.2 Å². The van der Waals surface area contributed by atoms with Gasteiger partial charge in [0.2, 0.25) is 5.91 Å². The van der Waals surface area contributed by atoms with Gasteiger partial charge in [-0.3, -0.25) is 14.3 Å². The number of ether oxygens (including phenoxy) is 1. The molecule has 0 radical (unpaired) electrons. The number of nitrogens with zero attached hydrogens (tertiary/aromatic N) is 4. The number of aromatic nitrogens is 2. The molecule has 0 N–H and O–H groups in total. The molecule has 2 aliphatic rings. The maximum atomic E-state index is 13.7. The fourth-order valence-electron chi connectivity index (χ4n) is 5.76. The van der Waals surface area contributed by atoms with Crippen LogP contribution in [0.1, 0.15) is 66.0 Å². The molecule has 2 amide bonds. The summed E-state index contributed by atoms with van der Waals surface area (Å²) < 4.78 is 13.7. The molecule has 1 fully saturated rings. The Morgan fingerprint density at radius 3 is 2.63 bits per heavy atom. The van der Waals surface area contributed by atoms with Crippen LogP contribution in [0.5, 0.6) is 5.75 Å². The zero-order valence-electron chi connectivity index (χ0n) is 22.5. The molecule has 202 valence electrons. The van der Waals surface area contributed by atoms with Crippen molar-refractivity contribution in [2.24, 2.45) is 5.41 Å². The highest BCUT2D eigenvalue weighted by molar-refractivity contribution is 5.92. The van der Waals surface area contributed by atoms with Crippen molar-refractivity contribution in [3.8, 4) is 5.75 Å². The van der Waals surface area contributed by atoms with Gasteiger partial charge in [0.1, 0.15) is 18.1 Å². The Bertz CT molecular complexity index is 1250. The SMILES string of the molecule is Cc1cnn(Cc2ccc(C(=O)N3CCC4(CCCCCc5ccccc5OCCN(C)C4=O)CC3)o2)c1. The molecular formula is C30H38N4O4. The van der Waals surface area contributed by atoms with E-state index in [2.05, 4.69) is 17.2 Å². The molecule has 0 aliphatic carbocycles. The number of furan rings is 1. The number of likely N-dealkylation sites (tertiary alicyclic amines) is 1. The van der Waals surface area contributed by atoms with Crippen molar-refractivity contribution in [2.75, 3.05) is 33.3 Å². The Labute approximate surface area is 224 Å². The summed E-state index contributed by atoms with van der Waals surface area (Å²) >= 11 is 0. The van der Waals surface area contributed by atoms with Crippen molar-refractivity contribution in [3.05, 3.63) is 71.4 Å². The van der Waals surface area contributed by atoms with E-state index in [0.29, 0.717) is 57.1 Å². The van der Waals surface area contributed by atoms with E-state index in [1.165, 1.54) is 5.56 Å². The van der Waals surface area contributed by atoms with Crippen LogP contribution in [0.3, 0.4) is 0 Å². The Hall–Kier alpha value is -3.55. The normalized spacial score (nSPS) is 18.7. The van der Waals surface area contributed by atoms with Gasteiger partial charge in [0.05, 0.1) is 24.7 Å². The predicted octanol–water partition coefficient (Wildman–Crippen LogP) is 4.71. The van der Waals surface area contributed by atoms with Crippen LogP contribution >= 0.6 is 0 Å². The minimum absolute atomic E-state index is 0.112. The van der Waals surface area contributed by atoms with Crippen LogP contribution in [0.4, 0.5) is 0 Å². The van der Waals surface area contributed by atoms with Crippen molar-refractivity contribution < 1.29 is 18.7 Å². The van der Waals surface area contributed by atoms with Crippen LogP contribution in [0.2, 0.25) is 0 Å². The first kappa shape index (κ1) is 26.1. The van der Waals surface area contributed by atoms with Crippen molar-refractivity contribution in [1.29, 1.82) is 0 Å². The van der Waals surface area contributed by atoms with Gasteiger partial charge in [-0.2, -0.15) is 5.10 Å². The summed E-state index contributed by atoms with van der Waals surface area (Å²) in [5.74, 6) is 2.03. The van der Waals surface area contributed by atoms with Crippen molar-refractivity contribution >= 4 is 11.8 Å². The fourth-order valence-corrected chi connectivity index (χ4v) is 5.76. The zero-order valence-corrected chi connectivity index (χ0v) is 22.5. The van der Waals surface area contributed by atoms with E-state index < -0.39 is 5.41 Å². The van der Waals surface area contributed by atoms with E-state index in [4.69, 9.17) is 9.15 Å². The number of hydrogen-bond acceptors (Lipinski definition) is 5. The maximum absolute atomic E-state index is 13.7. The monoisotopic (exact) mass is 518 g/mol. The Morgan fingerprint density at radius 2 is 1.84 bits per heavy atom. The van der Waals surface area contributed by atoms with Crippen LogP contribution in [-0.4, -0.2) is 64.7 Å². The van der Waals surface area contributed by atoms with E-state index in [9.17, 15) is 9.59 Å². The van der Waals surface area contributed by atoms with Gasteiger partial charge in [0, 0.05) is 26.3 Å². The summed E-state index contributed by atoms with van der Waals surface area (Å²) in [4.78, 5) is 30.6. The Balaban J connectivity index is 1.22. The molecule has 8 nitrogen and oxygen atoms in total. The highest BCUT2D eigenvalue weighted by Gasteiger charge is 2.43. The van der Waals surface area contributed by atoms with Crippen molar-refractivity contribution in [1.82, 2.24) is 19.6 Å². The number of rotatable bonds is 3. The zero-order chi connectivity index (χ0) is 26.5. The molecule has 38 heavy (non-hydrogen) atoms. The highest BCUT2D eigenvalue weighted by atomic mass is 16.5. The Kier molecular flexibility index (Phi) is 7.86. The first-order valence-electron chi connectivity index (χ1n) is 13.8. The average molecular weight is 519 g/mol. The number of fused-ring (bicyclic) bond motifs is 1. The van der Waals surface area contributed by atoms with Crippen LogP contribution in [-0.2, 0) is 17.8 Å². The van der Waals surface area contributed by atoms with Crippen molar-refractivity contribution in [3.63, 3.8) is 0 Å². The number of amides is 2. The van der Waals surface area contributed by atoms with Crippen LogP contribution in [0.25, 0.3) is 0 Å². The number of aryl methyl sites for hydroxylation is 2. The molecule has 1 saturated heterocycles.